The van der Waals surface area contributed by atoms with Gasteiger partial charge in [-0.1, -0.05) is 18.2 Å². The van der Waals surface area contributed by atoms with Crippen molar-refractivity contribution in [3.05, 3.63) is 64.9 Å². The number of para-hydroxylation sites is 1. The van der Waals surface area contributed by atoms with Gasteiger partial charge in [-0.3, -0.25) is 4.79 Å². The van der Waals surface area contributed by atoms with Gasteiger partial charge in [-0.05, 0) is 60.0 Å². The zero-order valence-electron chi connectivity index (χ0n) is 16.9. The highest BCUT2D eigenvalue weighted by atomic mass is 79.9. The van der Waals surface area contributed by atoms with Crippen LogP contribution < -0.4 is 9.47 Å². The molecule has 2 heterocycles. The van der Waals surface area contributed by atoms with E-state index in [2.05, 4.69) is 33.1 Å². The summed E-state index contributed by atoms with van der Waals surface area (Å²) in [4.78, 5) is 16.8. The molecule has 0 unspecified atom stereocenters. The molecule has 1 aliphatic heterocycles. The van der Waals surface area contributed by atoms with E-state index >= 15 is 0 Å². The van der Waals surface area contributed by atoms with E-state index in [4.69, 9.17) is 9.47 Å². The lowest BCUT2D eigenvalue weighted by Crippen LogP contribution is -2.49. The zero-order chi connectivity index (χ0) is 21.1. The van der Waals surface area contributed by atoms with Crippen LogP contribution in [0.5, 0.6) is 11.5 Å². The fourth-order valence-corrected chi connectivity index (χ4v) is 4.22. The molecule has 2 aromatic carbocycles. The number of aromatic nitrogens is 3. The summed E-state index contributed by atoms with van der Waals surface area (Å²) in [6.45, 7) is 2.58. The normalized spacial score (nSPS) is 18.8. The van der Waals surface area contributed by atoms with Crippen molar-refractivity contribution < 1.29 is 14.3 Å². The van der Waals surface area contributed by atoms with Gasteiger partial charge in [0.25, 0.3) is 5.91 Å². The summed E-state index contributed by atoms with van der Waals surface area (Å²) in [5, 5.41) is 8.37. The van der Waals surface area contributed by atoms with Crippen LogP contribution in [0.4, 0.5) is 0 Å². The third-order valence-corrected chi connectivity index (χ3v) is 6.09. The number of carbonyl (C=O) groups is 1. The summed E-state index contributed by atoms with van der Waals surface area (Å²) in [6.07, 6.45) is 4.82. The molecule has 4 rings (SSSR count). The van der Waals surface area contributed by atoms with Crippen molar-refractivity contribution in [2.75, 3.05) is 13.7 Å². The molecule has 8 heteroatoms. The Kier molecular flexibility index (Phi) is 6.03. The van der Waals surface area contributed by atoms with E-state index in [1.807, 2.05) is 47.4 Å². The molecule has 0 radical (unpaired) electrons. The number of piperidine rings is 1. The van der Waals surface area contributed by atoms with Gasteiger partial charge in [-0.25, -0.2) is 0 Å². The largest absolute Gasteiger partial charge is 0.495 e. The van der Waals surface area contributed by atoms with E-state index in [0.29, 0.717) is 29.3 Å². The molecule has 0 spiro atoms. The maximum Gasteiger partial charge on any atom is 0.256 e. The maximum absolute atomic E-state index is 13.5. The van der Waals surface area contributed by atoms with E-state index in [-0.39, 0.29) is 18.1 Å². The highest BCUT2D eigenvalue weighted by Crippen LogP contribution is 2.35. The van der Waals surface area contributed by atoms with Crippen LogP contribution in [0.1, 0.15) is 30.1 Å². The monoisotopic (exact) mass is 470 g/mol. The molecule has 0 saturated carbocycles. The second-order valence-electron chi connectivity index (χ2n) is 7.23. The van der Waals surface area contributed by atoms with Crippen LogP contribution in [-0.4, -0.2) is 51.6 Å². The zero-order valence-corrected chi connectivity index (χ0v) is 18.4. The second-order valence-corrected chi connectivity index (χ2v) is 8.02. The van der Waals surface area contributed by atoms with Gasteiger partial charge in [0.05, 0.1) is 37.3 Å². The maximum atomic E-state index is 13.5. The lowest BCUT2D eigenvalue weighted by Gasteiger charge is -2.38. The van der Waals surface area contributed by atoms with Crippen LogP contribution in [-0.2, 0) is 0 Å². The summed E-state index contributed by atoms with van der Waals surface area (Å²) in [5.74, 6) is 1.38. The van der Waals surface area contributed by atoms with Crippen molar-refractivity contribution in [3.63, 3.8) is 0 Å². The lowest BCUT2D eigenvalue weighted by molar-refractivity contribution is 0.0381. The smallest absolute Gasteiger partial charge is 0.256 e. The van der Waals surface area contributed by atoms with Crippen LogP contribution in [0.15, 0.2) is 59.3 Å². The van der Waals surface area contributed by atoms with Crippen LogP contribution in [0.2, 0.25) is 0 Å². The van der Waals surface area contributed by atoms with Crippen molar-refractivity contribution in [1.82, 2.24) is 19.9 Å². The summed E-state index contributed by atoms with van der Waals surface area (Å²) in [6, 6.07) is 13.2. The fourth-order valence-electron chi connectivity index (χ4n) is 3.70. The second kappa shape index (κ2) is 8.87. The Hall–Kier alpha value is -2.87. The Bertz CT molecular complexity index is 1020. The molecule has 7 nitrogen and oxygen atoms in total. The number of methoxy groups -OCH3 is 1. The number of rotatable bonds is 5. The van der Waals surface area contributed by atoms with Crippen LogP contribution >= 0.6 is 15.9 Å². The Labute approximate surface area is 183 Å². The van der Waals surface area contributed by atoms with Gasteiger partial charge in [-0.2, -0.15) is 15.0 Å². The third kappa shape index (κ3) is 4.05. The standard InChI is InChI=1S/C22H23BrN4O3/c1-15-10-11-16(30-20-9-5-8-19(29-2)21(20)23)14-26(15)22(28)17-6-3-4-7-18(17)27-24-12-13-25-27/h3-9,12-13,15-16H,10-11,14H2,1-2H3/t15-,16-/m1/s1. The molecule has 2 atom stereocenters. The van der Waals surface area contributed by atoms with Crippen LogP contribution in [0, 0.1) is 0 Å². The molecule has 156 valence electrons. The van der Waals surface area contributed by atoms with Crippen LogP contribution in [0.3, 0.4) is 0 Å². The molecule has 30 heavy (non-hydrogen) atoms. The summed E-state index contributed by atoms with van der Waals surface area (Å²) in [5.41, 5.74) is 1.24. The van der Waals surface area contributed by atoms with E-state index in [0.717, 1.165) is 17.3 Å². The van der Waals surface area contributed by atoms with Crippen molar-refractivity contribution in [3.8, 4) is 17.2 Å². The Morgan fingerprint density at radius 3 is 2.57 bits per heavy atom. The average molecular weight is 471 g/mol. The first-order valence-corrected chi connectivity index (χ1v) is 10.6. The van der Waals surface area contributed by atoms with Gasteiger partial charge in [-0.15, -0.1) is 0 Å². The topological polar surface area (TPSA) is 69.5 Å². The molecule has 0 bridgehead atoms. The highest BCUT2D eigenvalue weighted by Gasteiger charge is 2.32. The minimum Gasteiger partial charge on any atom is -0.495 e. The van der Waals surface area contributed by atoms with Crippen molar-refractivity contribution in [2.45, 2.75) is 31.9 Å². The number of halogens is 1. The van der Waals surface area contributed by atoms with E-state index < -0.39 is 0 Å². The van der Waals surface area contributed by atoms with Gasteiger partial charge >= 0.3 is 0 Å². The molecule has 1 aromatic heterocycles. The molecule has 0 aliphatic carbocycles. The Balaban J connectivity index is 1.56. The quantitative estimate of drug-likeness (QED) is 0.560. The minimum atomic E-state index is -0.108. The molecule has 1 saturated heterocycles. The average Bonchev–Trinajstić information content (AvgIpc) is 3.31. The molecule has 1 amide bonds. The Morgan fingerprint density at radius 2 is 1.80 bits per heavy atom. The number of carbonyl (C=O) groups excluding carboxylic acids is 1. The van der Waals surface area contributed by atoms with Gasteiger partial charge in [0.2, 0.25) is 0 Å². The predicted octanol–water partition coefficient (Wildman–Crippen LogP) is 4.11. The van der Waals surface area contributed by atoms with E-state index in [1.165, 1.54) is 4.80 Å². The first-order chi connectivity index (χ1) is 14.6. The Morgan fingerprint density at radius 1 is 1.07 bits per heavy atom. The molecule has 1 aliphatic rings. The summed E-state index contributed by atoms with van der Waals surface area (Å²) in [7, 11) is 1.62. The SMILES string of the molecule is COc1cccc(O[C@@H]2CC[C@@H](C)N(C(=O)c3ccccc3-n3nccn3)C2)c1Br. The number of nitrogens with zero attached hydrogens (tertiary/aromatic N) is 4. The molecular weight excluding hydrogens is 448 g/mol. The molecular formula is C22H23BrN4O3. The van der Waals surface area contributed by atoms with E-state index in [1.54, 1.807) is 19.5 Å². The van der Waals surface area contributed by atoms with E-state index in [9.17, 15) is 4.79 Å². The number of likely N-dealkylation sites (tertiary alicyclic amines) is 1. The van der Waals surface area contributed by atoms with Crippen LogP contribution in [0.25, 0.3) is 5.69 Å². The third-order valence-electron chi connectivity index (χ3n) is 5.31. The van der Waals surface area contributed by atoms with Gasteiger partial charge in [0, 0.05) is 6.04 Å². The lowest BCUT2D eigenvalue weighted by atomic mass is 9.99. The van der Waals surface area contributed by atoms with Crippen molar-refractivity contribution in [1.29, 1.82) is 0 Å². The van der Waals surface area contributed by atoms with Crippen molar-refractivity contribution in [2.24, 2.45) is 0 Å². The number of hydrogen-bond donors (Lipinski definition) is 0. The molecule has 1 fully saturated rings. The van der Waals surface area contributed by atoms with Crippen molar-refractivity contribution >= 4 is 21.8 Å². The predicted molar refractivity (Wildman–Crippen MR) is 116 cm³/mol. The number of benzene rings is 2. The first-order valence-electron chi connectivity index (χ1n) is 9.84. The van der Waals surface area contributed by atoms with Gasteiger partial charge in [0.15, 0.2) is 0 Å². The fraction of sp³-hybridized carbons (Fsp3) is 0.318. The number of hydrogen-bond acceptors (Lipinski definition) is 5. The van der Waals surface area contributed by atoms with Gasteiger partial charge < -0.3 is 14.4 Å². The molecule has 0 N–H and O–H groups in total. The number of amides is 1. The van der Waals surface area contributed by atoms with Gasteiger partial charge in [0.1, 0.15) is 22.1 Å². The minimum absolute atomic E-state index is 0.0478. The molecule has 3 aromatic rings. The number of ether oxygens (including phenoxy) is 2. The first kappa shape index (κ1) is 20.4. The summed E-state index contributed by atoms with van der Waals surface area (Å²) >= 11 is 3.55. The summed E-state index contributed by atoms with van der Waals surface area (Å²) < 4.78 is 12.4. The highest BCUT2D eigenvalue weighted by molar-refractivity contribution is 9.10.